The average Bonchev–Trinajstić information content (AvgIpc) is 3.25. The Labute approximate surface area is 173 Å². The number of anilines is 3. The maximum absolute atomic E-state index is 9.33. The van der Waals surface area contributed by atoms with Crippen LogP contribution >= 0.6 is 0 Å². The van der Waals surface area contributed by atoms with Gasteiger partial charge in [0.15, 0.2) is 11.5 Å². The zero-order chi connectivity index (χ0) is 20.7. The van der Waals surface area contributed by atoms with Crippen molar-refractivity contribution in [2.45, 2.75) is 26.8 Å². The predicted molar refractivity (Wildman–Crippen MR) is 114 cm³/mol. The topological polar surface area (TPSA) is 95.0 Å². The largest absolute Gasteiger partial charge is 0.353 e. The quantitative estimate of drug-likeness (QED) is 0.567. The lowest BCUT2D eigenvalue weighted by Crippen LogP contribution is -2.32. The smallest absolute Gasteiger partial charge is 0.180 e. The van der Waals surface area contributed by atoms with Crippen molar-refractivity contribution in [2.24, 2.45) is 0 Å². The van der Waals surface area contributed by atoms with Gasteiger partial charge in [0, 0.05) is 36.3 Å². The first-order valence-corrected chi connectivity index (χ1v) is 9.80. The van der Waals surface area contributed by atoms with Crippen LogP contribution in [-0.4, -0.2) is 31.3 Å². The Kier molecular flexibility index (Phi) is 4.29. The second-order valence-corrected chi connectivity index (χ2v) is 7.46. The lowest BCUT2D eigenvalue weighted by molar-refractivity contribution is 0.688. The van der Waals surface area contributed by atoms with Gasteiger partial charge >= 0.3 is 0 Å². The summed E-state index contributed by atoms with van der Waals surface area (Å²) in [5.74, 6) is 0.943. The standard InChI is InChI=1S/C22H20N8/c1-14-15(2)22(28-30-13-25-27-21(14)30)29-8-7-19-17(12-29)9-18(11-24-19)26-20-6-4-3-5-16(20)10-23/h3-6,9,11,13,26H,7-8,12H2,1-2H3. The first-order chi connectivity index (χ1) is 14.6. The maximum Gasteiger partial charge on any atom is 0.180 e. The number of aromatic nitrogens is 5. The number of hydrogen-bond acceptors (Lipinski definition) is 7. The zero-order valence-electron chi connectivity index (χ0n) is 16.8. The minimum Gasteiger partial charge on any atom is -0.353 e. The Morgan fingerprint density at radius 3 is 2.90 bits per heavy atom. The molecule has 0 spiro atoms. The number of nitrogens with one attached hydrogen (secondary N) is 1. The van der Waals surface area contributed by atoms with Crippen LogP contribution in [0.5, 0.6) is 0 Å². The molecule has 1 aliphatic rings. The minimum absolute atomic E-state index is 0.606. The Bertz CT molecular complexity index is 1300. The van der Waals surface area contributed by atoms with Gasteiger partial charge in [-0.2, -0.15) is 9.78 Å². The van der Waals surface area contributed by atoms with Crippen molar-refractivity contribution >= 4 is 22.8 Å². The van der Waals surface area contributed by atoms with Crippen LogP contribution in [0.15, 0.2) is 42.9 Å². The van der Waals surface area contributed by atoms with E-state index < -0.39 is 0 Å². The number of aryl methyl sites for hydroxylation is 1. The highest BCUT2D eigenvalue weighted by Crippen LogP contribution is 2.29. The highest BCUT2D eigenvalue weighted by atomic mass is 15.4. The van der Waals surface area contributed by atoms with Crippen molar-refractivity contribution in [1.29, 1.82) is 5.26 Å². The van der Waals surface area contributed by atoms with Crippen LogP contribution < -0.4 is 10.2 Å². The van der Waals surface area contributed by atoms with Crippen LogP contribution in [0.2, 0.25) is 0 Å². The van der Waals surface area contributed by atoms with Crippen molar-refractivity contribution < 1.29 is 0 Å². The Balaban J connectivity index is 1.46. The summed E-state index contributed by atoms with van der Waals surface area (Å²) in [6.45, 7) is 5.71. The van der Waals surface area contributed by atoms with E-state index in [1.54, 1.807) is 16.9 Å². The molecule has 8 heteroatoms. The number of nitriles is 1. The summed E-state index contributed by atoms with van der Waals surface area (Å²) in [4.78, 5) is 6.94. The van der Waals surface area contributed by atoms with Crippen molar-refractivity contribution in [3.8, 4) is 6.07 Å². The molecule has 1 aliphatic heterocycles. The number of para-hydroxylation sites is 1. The van der Waals surface area contributed by atoms with E-state index in [1.165, 1.54) is 0 Å². The molecule has 0 amide bonds. The zero-order valence-corrected chi connectivity index (χ0v) is 16.8. The molecular weight excluding hydrogens is 376 g/mol. The molecule has 0 bridgehead atoms. The molecule has 4 heterocycles. The normalized spacial score (nSPS) is 13.2. The number of rotatable bonds is 3. The van der Waals surface area contributed by atoms with Gasteiger partial charge in [0.2, 0.25) is 0 Å². The van der Waals surface area contributed by atoms with E-state index in [0.29, 0.717) is 5.56 Å². The van der Waals surface area contributed by atoms with Gasteiger partial charge in [0.25, 0.3) is 0 Å². The molecule has 0 fully saturated rings. The number of pyridine rings is 1. The van der Waals surface area contributed by atoms with E-state index in [0.717, 1.165) is 64.7 Å². The molecule has 30 heavy (non-hydrogen) atoms. The van der Waals surface area contributed by atoms with E-state index in [1.807, 2.05) is 24.4 Å². The van der Waals surface area contributed by atoms with Gasteiger partial charge in [-0.3, -0.25) is 4.98 Å². The third-order valence-electron chi connectivity index (χ3n) is 5.63. The van der Waals surface area contributed by atoms with Crippen LogP contribution in [0.4, 0.5) is 17.2 Å². The second kappa shape index (κ2) is 7.12. The van der Waals surface area contributed by atoms with E-state index in [2.05, 4.69) is 51.4 Å². The lowest BCUT2D eigenvalue weighted by Gasteiger charge is -2.30. The molecule has 1 N–H and O–H groups in total. The lowest BCUT2D eigenvalue weighted by atomic mass is 10.0. The molecule has 5 rings (SSSR count). The fourth-order valence-corrected chi connectivity index (χ4v) is 3.88. The third-order valence-corrected chi connectivity index (χ3v) is 5.63. The number of nitrogens with zero attached hydrogens (tertiary/aromatic N) is 7. The second-order valence-electron chi connectivity index (χ2n) is 7.46. The van der Waals surface area contributed by atoms with Gasteiger partial charge in [0.1, 0.15) is 12.4 Å². The number of fused-ring (bicyclic) bond motifs is 2. The third kappa shape index (κ3) is 3.01. The Morgan fingerprint density at radius 1 is 1.17 bits per heavy atom. The van der Waals surface area contributed by atoms with Crippen molar-refractivity contribution in [2.75, 3.05) is 16.8 Å². The van der Waals surface area contributed by atoms with Gasteiger partial charge < -0.3 is 10.2 Å². The fraction of sp³-hybridized carbons (Fsp3) is 0.227. The van der Waals surface area contributed by atoms with Gasteiger partial charge in [-0.05, 0) is 37.6 Å². The van der Waals surface area contributed by atoms with E-state index in [9.17, 15) is 5.26 Å². The summed E-state index contributed by atoms with van der Waals surface area (Å²) in [7, 11) is 0. The molecule has 0 unspecified atom stereocenters. The molecule has 4 aromatic rings. The molecule has 0 saturated carbocycles. The summed E-state index contributed by atoms with van der Waals surface area (Å²) >= 11 is 0. The first-order valence-electron chi connectivity index (χ1n) is 9.80. The number of benzene rings is 1. The van der Waals surface area contributed by atoms with Gasteiger partial charge in [0.05, 0.1) is 23.1 Å². The highest BCUT2D eigenvalue weighted by Gasteiger charge is 2.22. The van der Waals surface area contributed by atoms with Gasteiger partial charge in [-0.1, -0.05) is 12.1 Å². The monoisotopic (exact) mass is 396 g/mol. The molecule has 3 aromatic heterocycles. The van der Waals surface area contributed by atoms with Crippen molar-refractivity contribution in [3.63, 3.8) is 0 Å². The predicted octanol–water partition coefficient (Wildman–Crippen LogP) is 3.31. The molecule has 0 aliphatic carbocycles. The summed E-state index contributed by atoms with van der Waals surface area (Å²) in [5, 5.41) is 25.5. The van der Waals surface area contributed by atoms with Crippen molar-refractivity contribution in [3.05, 3.63) is 70.8 Å². The minimum atomic E-state index is 0.606. The summed E-state index contributed by atoms with van der Waals surface area (Å²) in [5.41, 5.74) is 7.50. The molecule has 1 aromatic carbocycles. The maximum atomic E-state index is 9.33. The molecular formula is C22H20N8. The van der Waals surface area contributed by atoms with Gasteiger partial charge in [-0.25, -0.2) is 0 Å². The van der Waals surface area contributed by atoms with Gasteiger partial charge in [-0.15, -0.1) is 15.3 Å². The summed E-state index contributed by atoms with van der Waals surface area (Å²) < 4.78 is 1.74. The molecule has 0 radical (unpaired) electrons. The molecule has 148 valence electrons. The summed E-state index contributed by atoms with van der Waals surface area (Å²) in [6, 6.07) is 11.8. The molecule has 0 saturated heterocycles. The SMILES string of the molecule is Cc1c(N2CCc3ncc(Nc4ccccc4C#N)cc3C2)nn2cnnc2c1C. The summed E-state index contributed by atoms with van der Waals surface area (Å²) in [6.07, 6.45) is 4.32. The Hall–Kier alpha value is -3.99. The van der Waals surface area contributed by atoms with E-state index in [4.69, 9.17) is 5.10 Å². The van der Waals surface area contributed by atoms with Crippen LogP contribution in [0.25, 0.3) is 5.65 Å². The molecule has 0 atom stereocenters. The van der Waals surface area contributed by atoms with Crippen molar-refractivity contribution in [1.82, 2.24) is 24.8 Å². The first kappa shape index (κ1) is 18.1. The van der Waals surface area contributed by atoms with Crippen LogP contribution in [0.3, 0.4) is 0 Å². The average molecular weight is 396 g/mol. The van der Waals surface area contributed by atoms with E-state index in [-0.39, 0.29) is 0 Å². The number of hydrogen-bond donors (Lipinski definition) is 1. The van der Waals surface area contributed by atoms with Crippen LogP contribution in [-0.2, 0) is 13.0 Å². The molecule has 8 nitrogen and oxygen atoms in total. The van der Waals surface area contributed by atoms with Crippen LogP contribution in [0.1, 0.15) is 27.9 Å². The highest BCUT2D eigenvalue weighted by molar-refractivity contribution is 5.67. The fourth-order valence-electron chi connectivity index (χ4n) is 3.88. The van der Waals surface area contributed by atoms with Crippen LogP contribution in [0, 0.1) is 25.2 Å². The van der Waals surface area contributed by atoms with E-state index >= 15 is 0 Å². The Morgan fingerprint density at radius 2 is 2.03 bits per heavy atom.